The Morgan fingerprint density at radius 1 is 1.35 bits per heavy atom. The van der Waals surface area contributed by atoms with Gasteiger partial charge < -0.3 is 19.8 Å². The van der Waals surface area contributed by atoms with Crippen molar-refractivity contribution in [1.82, 2.24) is 4.90 Å². The zero-order chi connectivity index (χ0) is 12.4. The van der Waals surface area contributed by atoms with Gasteiger partial charge in [-0.15, -0.1) is 0 Å². The van der Waals surface area contributed by atoms with E-state index in [1.807, 2.05) is 0 Å². The van der Waals surface area contributed by atoms with E-state index in [9.17, 15) is 9.90 Å². The lowest BCUT2D eigenvalue weighted by Crippen LogP contribution is -2.37. The number of amides is 1. The van der Waals surface area contributed by atoms with E-state index in [1.54, 1.807) is 31.3 Å². The van der Waals surface area contributed by atoms with Crippen LogP contribution in [-0.4, -0.2) is 47.0 Å². The molecule has 1 aliphatic rings. The number of rotatable bonds is 3. The quantitative estimate of drug-likeness (QED) is 0.813. The third-order valence-corrected chi connectivity index (χ3v) is 3.03. The maximum Gasteiger partial charge on any atom is 0.410 e. The van der Waals surface area contributed by atoms with E-state index in [0.717, 1.165) is 5.56 Å². The number of cyclic esters (lactones) is 1. The molecule has 1 fully saturated rings. The van der Waals surface area contributed by atoms with Crippen molar-refractivity contribution in [1.29, 1.82) is 0 Å². The highest BCUT2D eigenvalue weighted by Crippen LogP contribution is 2.21. The fourth-order valence-corrected chi connectivity index (χ4v) is 1.96. The Hall–Kier alpha value is -1.75. The Labute approximate surface area is 99.2 Å². The molecule has 1 aromatic carbocycles. The number of phenolic OH excluding ortho intramolecular Hbond substituents is 1. The number of hydrogen-bond donors (Lipinski definition) is 2. The predicted molar refractivity (Wildman–Crippen MR) is 60.7 cm³/mol. The van der Waals surface area contributed by atoms with Crippen LogP contribution in [0.2, 0.25) is 0 Å². The molecule has 1 amide bonds. The largest absolute Gasteiger partial charge is 0.508 e. The van der Waals surface area contributed by atoms with Crippen LogP contribution >= 0.6 is 0 Å². The second-order valence-corrected chi connectivity index (χ2v) is 4.15. The summed E-state index contributed by atoms with van der Waals surface area (Å²) in [5, 5.41) is 18.4. The Bertz CT molecular complexity index is 403. The minimum absolute atomic E-state index is 0.120. The molecule has 2 atom stereocenters. The van der Waals surface area contributed by atoms with Crippen molar-refractivity contribution >= 4 is 6.09 Å². The lowest BCUT2D eigenvalue weighted by molar-refractivity contribution is 0.118. The highest BCUT2D eigenvalue weighted by Gasteiger charge is 2.38. The van der Waals surface area contributed by atoms with E-state index in [1.165, 1.54) is 4.90 Å². The van der Waals surface area contributed by atoms with Gasteiger partial charge in [-0.1, -0.05) is 12.1 Å². The number of likely N-dealkylation sites (N-methyl/N-ethyl adjacent to an activating group) is 1. The van der Waals surface area contributed by atoms with Crippen LogP contribution in [0.3, 0.4) is 0 Å². The molecule has 17 heavy (non-hydrogen) atoms. The fourth-order valence-electron chi connectivity index (χ4n) is 1.96. The number of phenols is 1. The van der Waals surface area contributed by atoms with E-state index < -0.39 is 6.09 Å². The van der Waals surface area contributed by atoms with Gasteiger partial charge in [0.15, 0.2) is 0 Å². The molecule has 0 aliphatic carbocycles. The Kier molecular flexibility index (Phi) is 3.19. The summed E-state index contributed by atoms with van der Waals surface area (Å²) in [7, 11) is 1.61. The zero-order valence-corrected chi connectivity index (χ0v) is 9.54. The zero-order valence-electron chi connectivity index (χ0n) is 9.54. The molecular weight excluding hydrogens is 222 g/mol. The van der Waals surface area contributed by atoms with Gasteiger partial charge in [-0.05, 0) is 17.7 Å². The number of carbonyl (C=O) groups is 1. The summed E-state index contributed by atoms with van der Waals surface area (Å²) in [6, 6.07) is 6.41. The van der Waals surface area contributed by atoms with Gasteiger partial charge >= 0.3 is 6.09 Å². The van der Waals surface area contributed by atoms with E-state index in [0.29, 0.717) is 6.42 Å². The number of benzene rings is 1. The van der Waals surface area contributed by atoms with Crippen LogP contribution in [0.25, 0.3) is 0 Å². The maximum absolute atomic E-state index is 11.4. The molecule has 1 aliphatic heterocycles. The monoisotopic (exact) mass is 237 g/mol. The SMILES string of the molecule is CN1C(=O)OC(Cc2ccc(O)cc2)C1CO. The van der Waals surface area contributed by atoms with Crippen LogP contribution < -0.4 is 0 Å². The van der Waals surface area contributed by atoms with Gasteiger partial charge in [0.25, 0.3) is 0 Å². The van der Waals surface area contributed by atoms with Crippen LogP contribution in [0.4, 0.5) is 4.79 Å². The van der Waals surface area contributed by atoms with Crippen molar-refractivity contribution in [2.24, 2.45) is 0 Å². The van der Waals surface area contributed by atoms with Gasteiger partial charge in [0.1, 0.15) is 11.9 Å². The molecule has 0 saturated carbocycles. The Morgan fingerprint density at radius 3 is 2.59 bits per heavy atom. The molecular formula is C12H15NO4. The highest BCUT2D eigenvalue weighted by atomic mass is 16.6. The van der Waals surface area contributed by atoms with Crippen LogP contribution in [0.1, 0.15) is 5.56 Å². The molecule has 5 nitrogen and oxygen atoms in total. The van der Waals surface area contributed by atoms with Gasteiger partial charge in [-0.25, -0.2) is 4.79 Å². The number of aliphatic hydroxyl groups excluding tert-OH is 1. The van der Waals surface area contributed by atoms with Gasteiger partial charge in [0.05, 0.1) is 12.6 Å². The molecule has 0 radical (unpaired) electrons. The summed E-state index contributed by atoms with van der Waals surface area (Å²) in [4.78, 5) is 12.8. The number of carbonyl (C=O) groups excluding carboxylic acids is 1. The first-order valence-corrected chi connectivity index (χ1v) is 5.44. The van der Waals surface area contributed by atoms with Crippen LogP contribution in [0, 0.1) is 0 Å². The van der Waals surface area contributed by atoms with E-state index in [-0.39, 0.29) is 24.5 Å². The molecule has 0 aromatic heterocycles. The minimum atomic E-state index is -0.409. The van der Waals surface area contributed by atoms with Crippen molar-refractivity contribution in [3.63, 3.8) is 0 Å². The van der Waals surface area contributed by atoms with Crippen LogP contribution in [0.15, 0.2) is 24.3 Å². The molecule has 1 saturated heterocycles. The third-order valence-electron chi connectivity index (χ3n) is 3.03. The maximum atomic E-state index is 11.4. The molecule has 1 heterocycles. The number of ether oxygens (including phenoxy) is 1. The van der Waals surface area contributed by atoms with Crippen molar-refractivity contribution < 1.29 is 19.7 Å². The molecule has 1 aromatic rings. The predicted octanol–water partition coefficient (Wildman–Crippen LogP) is 0.746. The van der Waals surface area contributed by atoms with Crippen molar-refractivity contribution in [3.05, 3.63) is 29.8 Å². The van der Waals surface area contributed by atoms with Gasteiger partial charge in [-0.2, -0.15) is 0 Å². The Morgan fingerprint density at radius 2 is 2.00 bits per heavy atom. The van der Waals surface area contributed by atoms with Crippen LogP contribution in [0.5, 0.6) is 5.75 Å². The molecule has 2 rings (SSSR count). The summed E-state index contributed by atoms with van der Waals surface area (Å²) >= 11 is 0. The molecule has 0 spiro atoms. The second kappa shape index (κ2) is 4.63. The summed E-state index contributed by atoms with van der Waals surface area (Å²) in [5.74, 6) is 0.202. The molecule has 92 valence electrons. The number of nitrogens with zero attached hydrogens (tertiary/aromatic N) is 1. The van der Waals surface area contributed by atoms with Crippen molar-refractivity contribution in [3.8, 4) is 5.75 Å². The van der Waals surface area contributed by atoms with Crippen LogP contribution in [-0.2, 0) is 11.2 Å². The summed E-state index contributed by atoms with van der Waals surface area (Å²) in [5.41, 5.74) is 0.953. The molecule has 2 N–H and O–H groups in total. The normalized spacial score (nSPS) is 23.9. The fraction of sp³-hybridized carbons (Fsp3) is 0.417. The first-order valence-electron chi connectivity index (χ1n) is 5.44. The molecule has 0 bridgehead atoms. The average molecular weight is 237 g/mol. The van der Waals surface area contributed by atoms with E-state index in [4.69, 9.17) is 9.84 Å². The standard InChI is InChI=1S/C12H15NO4/c1-13-10(7-14)11(17-12(13)16)6-8-2-4-9(15)5-3-8/h2-5,10-11,14-15H,6-7H2,1H3. The summed E-state index contributed by atoms with van der Waals surface area (Å²) in [6.45, 7) is -0.120. The highest BCUT2D eigenvalue weighted by molar-refractivity contribution is 5.70. The van der Waals surface area contributed by atoms with Crippen molar-refractivity contribution in [2.75, 3.05) is 13.7 Å². The lowest BCUT2D eigenvalue weighted by Gasteiger charge is -2.18. The molecule has 2 unspecified atom stereocenters. The second-order valence-electron chi connectivity index (χ2n) is 4.15. The number of hydrogen-bond acceptors (Lipinski definition) is 4. The number of aromatic hydroxyl groups is 1. The van der Waals surface area contributed by atoms with Gasteiger partial charge in [0.2, 0.25) is 0 Å². The average Bonchev–Trinajstić information content (AvgIpc) is 2.58. The van der Waals surface area contributed by atoms with Crippen molar-refractivity contribution in [2.45, 2.75) is 18.6 Å². The first-order chi connectivity index (χ1) is 8.11. The minimum Gasteiger partial charge on any atom is -0.508 e. The third kappa shape index (κ3) is 2.34. The summed E-state index contributed by atoms with van der Waals surface area (Å²) < 4.78 is 5.18. The lowest BCUT2D eigenvalue weighted by atomic mass is 10.0. The first kappa shape index (κ1) is 11.7. The topological polar surface area (TPSA) is 70.0 Å². The summed E-state index contributed by atoms with van der Waals surface area (Å²) in [6.07, 6.45) is -0.225. The van der Waals surface area contributed by atoms with E-state index in [2.05, 4.69) is 0 Å². The van der Waals surface area contributed by atoms with Gasteiger partial charge in [0, 0.05) is 13.5 Å². The van der Waals surface area contributed by atoms with Gasteiger partial charge in [-0.3, -0.25) is 0 Å². The smallest absolute Gasteiger partial charge is 0.410 e. The number of aliphatic hydroxyl groups is 1. The van der Waals surface area contributed by atoms with E-state index >= 15 is 0 Å². The Balaban J connectivity index is 2.08. The molecule has 5 heteroatoms.